The second-order valence-electron chi connectivity index (χ2n) is 6.44. The van der Waals surface area contributed by atoms with E-state index in [4.69, 9.17) is 4.98 Å². The minimum atomic E-state index is 0.193. The second-order valence-corrected chi connectivity index (χ2v) is 7.51. The van der Waals surface area contributed by atoms with Crippen LogP contribution in [-0.2, 0) is 4.79 Å². The van der Waals surface area contributed by atoms with Crippen LogP contribution in [0.1, 0.15) is 43.5 Å². The number of hydrogen-bond acceptors (Lipinski definition) is 3. The maximum Gasteiger partial charge on any atom is 0.275 e. The van der Waals surface area contributed by atoms with Crippen molar-refractivity contribution in [3.05, 3.63) is 29.3 Å². The van der Waals surface area contributed by atoms with Crippen LogP contribution in [0.5, 0.6) is 0 Å². The Labute approximate surface area is 141 Å². The lowest BCUT2D eigenvalue weighted by Crippen LogP contribution is -3.14. The molecule has 1 fully saturated rings. The molecule has 0 saturated carbocycles. The molecule has 2 heterocycles. The lowest BCUT2D eigenvalue weighted by Gasteiger charge is -2.28. The molecule has 1 aromatic carbocycles. The molecular weight excluding hydrogens is 306 g/mol. The van der Waals surface area contributed by atoms with E-state index < -0.39 is 0 Å². The largest absolute Gasteiger partial charge is 0.351 e. The molecule has 124 valence electrons. The number of carbonyl (C=O) groups excluding carboxylic acids is 1. The fraction of sp³-hybridized carbons (Fsp3) is 0.556. The van der Waals surface area contributed by atoms with Crippen molar-refractivity contribution in [1.82, 2.24) is 10.3 Å². The average Bonchev–Trinajstić information content (AvgIpc) is 2.99. The molecule has 1 amide bonds. The van der Waals surface area contributed by atoms with Gasteiger partial charge in [0.15, 0.2) is 6.54 Å². The van der Waals surface area contributed by atoms with Gasteiger partial charge in [-0.15, -0.1) is 11.3 Å². The van der Waals surface area contributed by atoms with Crippen molar-refractivity contribution < 1.29 is 9.69 Å². The minimum absolute atomic E-state index is 0.193. The molecule has 1 aliphatic rings. The molecule has 2 aromatic rings. The zero-order valence-electron chi connectivity index (χ0n) is 13.8. The maximum absolute atomic E-state index is 12.0. The number of nitrogens with zero attached hydrogens (tertiary/aromatic N) is 1. The van der Waals surface area contributed by atoms with Crippen LogP contribution in [0.3, 0.4) is 0 Å². The first kappa shape index (κ1) is 16.4. The van der Waals surface area contributed by atoms with Crippen LogP contribution < -0.4 is 10.2 Å². The molecule has 1 aliphatic heterocycles. The van der Waals surface area contributed by atoms with Crippen LogP contribution in [0.25, 0.3) is 10.2 Å². The molecule has 0 bridgehead atoms. The van der Waals surface area contributed by atoms with Crippen molar-refractivity contribution >= 4 is 27.5 Å². The Morgan fingerprint density at radius 3 is 3.13 bits per heavy atom. The van der Waals surface area contributed by atoms with Gasteiger partial charge in [0.2, 0.25) is 0 Å². The molecule has 1 aromatic heterocycles. The predicted molar refractivity (Wildman–Crippen MR) is 95.1 cm³/mol. The van der Waals surface area contributed by atoms with Gasteiger partial charge in [0.1, 0.15) is 5.01 Å². The summed E-state index contributed by atoms with van der Waals surface area (Å²) < 4.78 is 1.27. The Balaban J connectivity index is 1.58. The first-order chi connectivity index (χ1) is 11.3. The summed E-state index contributed by atoms with van der Waals surface area (Å²) in [4.78, 5) is 18.2. The zero-order valence-corrected chi connectivity index (χ0v) is 14.6. The van der Waals surface area contributed by atoms with Crippen molar-refractivity contribution in [1.29, 1.82) is 0 Å². The lowest BCUT2D eigenvalue weighted by atomic mass is 9.99. The third-order valence-electron chi connectivity index (χ3n) is 4.54. The number of piperidine rings is 1. The number of hydrogen-bond donors (Lipinski definition) is 2. The molecule has 2 atom stereocenters. The summed E-state index contributed by atoms with van der Waals surface area (Å²) in [6.45, 7) is 5.68. The molecule has 23 heavy (non-hydrogen) atoms. The van der Waals surface area contributed by atoms with Crippen LogP contribution in [0.2, 0.25) is 0 Å². The van der Waals surface area contributed by atoms with Gasteiger partial charge in [-0.2, -0.15) is 0 Å². The number of para-hydroxylation sites is 1. The highest BCUT2D eigenvalue weighted by molar-refractivity contribution is 7.18. The number of thiazole rings is 1. The van der Waals surface area contributed by atoms with E-state index in [0.717, 1.165) is 38.0 Å². The quantitative estimate of drug-likeness (QED) is 0.795. The SMILES string of the molecule is CCCCNC(=O)C[NH+]1CCC[C@@H](c2nc3ccccc3s2)C1. The smallest absolute Gasteiger partial charge is 0.275 e. The molecule has 3 rings (SSSR count). The number of likely N-dealkylation sites (tertiary alicyclic amines) is 1. The number of carbonyl (C=O) groups is 1. The summed E-state index contributed by atoms with van der Waals surface area (Å²) in [5.41, 5.74) is 1.11. The molecule has 0 spiro atoms. The molecule has 0 radical (unpaired) electrons. The Hall–Kier alpha value is -1.46. The van der Waals surface area contributed by atoms with Crippen molar-refractivity contribution in [2.75, 3.05) is 26.2 Å². The number of rotatable bonds is 6. The van der Waals surface area contributed by atoms with Crippen LogP contribution in [-0.4, -0.2) is 37.1 Å². The highest BCUT2D eigenvalue weighted by Crippen LogP contribution is 2.30. The van der Waals surface area contributed by atoms with Gasteiger partial charge in [-0.3, -0.25) is 4.79 Å². The Morgan fingerprint density at radius 2 is 2.30 bits per heavy atom. The standard InChI is InChI=1S/C18H25N3OS/c1-2-3-10-19-17(22)13-21-11-6-7-14(12-21)18-20-15-8-4-5-9-16(15)23-18/h4-5,8-9,14H,2-3,6-7,10-13H2,1H3,(H,19,22)/p+1/t14-/m1/s1. The van der Waals surface area contributed by atoms with Gasteiger partial charge < -0.3 is 10.2 Å². The van der Waals surface area contributed by atoms with E-state index >= 15 is 0 Å². The van der Waals surface area contributed by atoms with Gasteiger partial charge >= 0.3 is 0 Å². The van der Waals surface area contributed by atoms with Gasteiger partial charge in [0.25, 0.3) is 5.91 Å². The first-order valence-electron chi connectivity index (χ1n) is 8.72. The van der Waals surface area contributed by atoms with Gasteiger partial charge in [0.05, 0.1) is 29.2 Å². The van der Waals surface area contributed by atoms with E-state index in [1.807, 2.05) is 17.4 Å². The molecule has 2 N–H and O–H groups in total. The number of amides is 1. The van der Waals surface area contributed by atoms with E-state index in [-0.39, 0.29) is 5.91 Å². The van der Waals surface area contributed by atoms with Crippen molar-refractivity contribution in [2.24, 2.45) is 0 Å². The molecular formula is C18H26N3OS+. The van der Waals surface area contributed by atoms with E-state index in [1.54, 1.807) is 0 Å². The van der Waals surface area contributed by atoms with E-state index in [2.05, 4.69) is 30.4 Å². The third kappa shape index (κ3) is 4.30. The van der Waals surface area contributed by atoms with Crippen LogP contribution in [0.4, 0.5) is 0 Å². The van der Waals surface area contributed by atoms with Crippen LogP contribution >= 0.6 is 11.3 Å². The van der Waals surface area contributed by atoms with Gasteiger partial charge in [-0.1, -0.05) is 25.5 Å². The number of unbranched alkanes of at least 4 members (excludes halogenated alkanes) is 1. The average molecular weight is 332 g/mol. The normalized spacial score (nSPS) is 21.4. The fourth-order valence-corrected chi connectivity index (χ4v) is 4.38. The molecule has 5 heteroatoms. The van der Waals surface area contributed by atoms with E-state index in [0.29, 0.717) is 12.5 Å². The molecule has 4 nitrogen and oxygen atoms in total. The van der Waals surface area contributed by atoms with Crippen molar-refractivity contribution in [3.8, 4) is 0 Å². The minimum Gasteiger partial charge on any atom is -0.351 e. The Bertz CT molecular complexity index is 622. The molecule has 0 aliphatic carbocycles. The van der Waals surface area contributed by atoms with Gasteiger partial charge in [0, 0.05) is 6.54 Å². The number of benzene rings is 1. The summed E-state index contributed by atoms with van der Waals surface area (Å²) in [6, 6.07) is 8.35. The number of nitrogens with one attached hydrogen (secondary N) is 2. The van der Waals surface area contributed by atoms with E-state index in [9.17, 15) is 4.79 Å². The van der Waals surface area contributed by atoms with Crippen LogP contribution in [0, 0.1) is 0 Å². The highest BCUT2D eigenvalue weighted by atomic mass is 32.1. The highest BCUT2D eigenvalue weighted by Gasteiger charge is 2.28. The maximum atomic E-state index is 12.0. The van der Waals surface area contributed by atoms with Gasteiger partial charge in [-0.25, -0.2) is 4.98 Å². The first-order valence-corrected chi connectivity index (χ1v) is 9.53. The monoisotopic (exact) mass is 332 g/mol. The predicted octanol–water partition coefficient (Wildman–Crippen LogP) is 1.97. The molecule has 1 saturated heterocycles. The zero-order chi connectivity index (χ0) is 16.1. The second kappa shape index (κ2) is 7.88. The lowest BCUT2D eigenvalue weighted by molar-refractivity contribution is -0.898. The van der Waals surface area contributed by atoms with Crippen molar-refractivity contribution in [2.45, 2.75) is 38.5 Å². The Morgan fingerprint density at radius 1 is 1.43 bits per heavy atom. The number of fused-ring (bicyclic) bond motifs is 1. The van der Waals surface area contributed by atoms with Crippen molar-refractivity contribution in [3.63, 3.8) is 0 Å². The summed E-state index contributed by atoms with van der Waals surface area (Å²) in [6.07, 6.45) is 4.56. The molecule has 1 unspecified atom stereocenters. The number of quaternary nitrogens is 1. The summed E-state index contributed by atoms with van der Waals surface area (Å²) in [5.74, 6) is 0.693. The van der Waals surface area contributed by atoms with Gasteiger partial charge in [-0.05, 0) is 31.4 Å². The summed E-state index contributed by atoms with van der Waals surface area (Å²) >= 11 is 1.82. The Kier molecular flexibility index (Phi) is 5.62. The van der Waals surface area contributed by atoms with Crippen LogP contribution in [0.15, 0.2) is 24.3 Å². The van der Waals surface area contributed by atoms with E-state index in [1.165, 1.54) is 27.4 Å². The number of aromatic nitrogens is 1. The topological polar surface area (TPSA) is 46.4 Å². The summed E-state index contributed by atoms with van der Waals surface area (Å²) in [7, 11) is 0. The summed E-state index contributed by atoms with van der Waals surface area (Å²) in [5, 5.41) is 4.28. The fourth-order valence-electron chi connectivity index (χ4n) is 3.28. The third-order valence-corrected chi connectivity index (χ3v) is 5.74.